The van der Waals surface area contributed by atoms with Gasteiger partial charge in [0.2, 0.25) is 0 Å². The van der Waals surface area contributed by atoms with Gasteiger partial charge in [-0.3, -0.25) is 0 Å². The first-order chi connectivity index (χ1) is 7.41. The van der Waals surface area contributed by atoms with Crippen LogP contribution in [0.2, 0.25) is 0 Å². The third kappa shape index (κ3) is 3.05. The summed E-state index contributed by atoms with van der Waals surface area (Å²) in [7, 11) is 2.05. The molecule has 0 atom stereocenters. The molecule has 0 radical (unpaired) electrons. The monoisotopic (exact) mass is 222 g/mol. The summed E-state index contributed by atoms with van der Waals surface area (Å²) in [6.45, 7) is 8.33. The molecule has 1 rings (SSSR count). The molecule has 3 nitrogen and oxygen atoms in total. The number of hydrogen-bond acceptors (Lipinski definition) is 3. The number of nitrogen functional groups attached to an aromatic ring is 1. The van der Waals surface area contributed by atoms with Crippen molar-refractivity contribution in [1.29, 1.82) is 0 Å². The van der Waals surface area contributed by atoms with Crippen LogP contribution in [0.3, 0.4) is 0 Å². The van der Waals surface area contributed by atoms with Crippen molar-refractivity contribution in [2.75, 3.05) is 17.7 Å². The number of anilines is 2. The van der Waals surface area contributed by atoms with Crippen molar-refractivity contribution < 1.29 is 4.74 Å². The number of rotatable bonds is 4. The number of hydrogen-bond donors (Lipinski definition) is 1. The van der Waals surface area contributed by atoms with Gasteiger partial charge in [0.25, 0.3) is 0 Å². The Morgan fingerprint density at radius 3 is 2.31 bits per heavy atom. The molecule has 0 saturated heterocycles. The molecule has 0 aliphatic heterocycles. The van der Waals surface area contributed by atoms with Crippen molar-refractivity contribution in [2.45, 2.75) is 39.8 Å². The second-order valence-corrected chi connectivity index (χ2v) is 4.60. The van der Waals surface area contributed by atoms with E-state index in [9.17, 15) is 0 Å². The minimum Gasteiger partial charge on any atom is -0.489 e. The maximum atomic E-state index is 5.81. The van der Waals surface area contributed by atoms with Crippen LogP contribution in [0, 0.1) is 0 Å². The summed E-state index contributed by atoms with van der Waals surface area (Å²) in [4.78, 5) is 2.16. The zero-order valence-electron chi connectivity index (χ0n) is 10.8. The molecule has 16 heavy (non-hydrogen) atoms. The molecule has 0 aliphatic rings. The van der Waals surface area contributed by atoms with Gasteiger partial charge in [0.05, 0.1) is 11.8 Å². The summed E-state index contributed by atoms with van der Waals surface area (Å²) in [6, 6.07) is 6.17. The van der Waals surface area contributed by atoms with Crippen molar-refractivity contribution in [1.82, 2.24) is 0 Å². The number of nitrogens with two attached hydrogens (primary N) is 1. The van der Waals surface area contributed by atoms with Gasteiger partial charge in [0, 0.05) is 18.8 Å². The first-order valence-corrected chi connectivity index (χ1v) is 5.70. The van der Waals surface area contributed by atoms with Crippen LogP contribution < -0.4 is 15.4 Å². The van der Waals surface area contributed by atoms with Crippen LogP contribution >= 0.6 is 0 Å². The molecule has 0 amide bonds. The molecule has 0 bridgehead atoms. The molecular weight excluding hydrogens is 200 g/mol. The minimum absolute atomic E-state index is 0.169. The Morgan fingerprint density at radius 1 is 1.19 bits per heavy atom. The summed E-state index contributed by atoms with van der Waals surface area (Å²) in [6.07, 6.45) is 0.169. The van der Waals surface area contributed by atoms with Gasteiger partial charge in [0.15, 0.2) is 0 Å². The van der Waals surface area contributed by atoms with Crippen LogP contribution in [0.1, 0.15) is 27.7 Å². The van der Waals surface area contributed by atoms with E-state index in [-0.39, 0.29) is 6.10 Å². The molecule has 0 spiro atoms. The van der Waals surface area contributed by atoms with E-state index >= 15 is 0 Å². The summed E-state index contributed by atoms with van der Waals surface area (Å²) < 4.78 is 5.77. The van der Waals surface area contributed by atoms with Crippen molar-refractivity contribution in [3.05, 3.63) is 18.2 Å². The SMILES string of the molecule is CC(C)Oc1ccc(N)cc1N(C)C(C)C. The van der Waals surface area contributed by atoms with E-state index in [0.717, 1.165) is 17.1 Å². The predicted octanol–water partition coefficient (Wildman–Crippen LogP) is 2.90. The van der Waals surface area contributed by atoms with Gasteiger partial charge in [-0.15, -0.1) is 0 Å². The lowest BCUT2D eigenvalue weighted by Crippen LogP contribution is -2.26. The molecule has 0 heterocycles. The Labute approximate surface area is 98.2 Å². The summed E-state index contributed by atoms with van der Waals surface area (Å²) in [5.41, 5.74) is 7.62. The van der Waals surface area contributed by atoms with E-state index in [1.165, 1.54) is 0 Å². The van der Waals surface area contributed by atoms with Crippen LogP contribution in [0.4, 0.5) is 11.4 Å². The Hall–Kier alpha value is -1.38. The molecule has 1 aromatic rings. The lowest BCUT2D eigenvalue weighted by Gasteiger charge is -2.27. The van der Waals surface area contributed by atoms with Crippen LogP contribution in [-0.2, 0) is 0 Å². The van der Waals surface area contributed by atoms with Crippen LogP contribution in [0.5, 0.6) is 5.75 Å². The Kier molecular flexibility index (Phi) is 4.05. The maximum absolute atomic E-state index is 5.81. The molecule has 0 saturated carbocycles. The maximum Gasteiger partial charge on any atom is 0.143 e. The van der Waals surface area contributed by atoms with E-state index in [2.05, 4.69) is 18.7 Å². The highest BCUT2D eigenvalue weighted by atomic mass is 16.5. The van der Waals surface area contributed by atoms with Gasteiger partial charge in [-0.25, -0.2) is 0 Å². The third-order valence-electron chi connectivity index (χ3n) is 2.50. The van der Waals surface area contributed by atoms with Crippen molar-refractivity contribution in [3.8, 4) is 5.75 Å². The van der Waals surface area contributed by atoms with Crippen LogP contribution in [0.25, 0.3) is 0 Å². The third-order valence-corrected chi connectivity index (χ3v) is 2.50. The highest BCUT2D eigenvalue weighted by Gasteiger charge is 2.12. The fourth-order valence-corrected chi connectivity index (χ4v) is 1.44. The van der Waals surface area contributed by atoms with E-state index in [0.29, 0.717) is 6.04 Å². The highest BCUT2D eigenvalue weighted by Crippen LogP contribution is 2.31. The highest BCUT2D eigenvalue weighted by molar-refractivity contribution is 5.65. The molecule has 3 heteroatoms. The van der Waals surface area contributed by atoms with Crippen LogP contribution in [-0.4, -0.2) is 19.2 Å². The standard InChI is InChI=1S/C13H22N2O/c1-9(2)15(5)12-8-11(14)6-7-13(12)16-10(3)4/h6-10H,14H2,1-5H3. The topological polar surface area (TPSA) is 38.5 Å². The van der Waals surface area contributed by atoms with Gasteiger partial charge in [-0.2, -0.15) is 0 Å². The average molecular weight is 222 g/mol. The molecular formula is C13H22N2O. The van der Waals surface area contributed by atoms with Gasteiger partial charge in [0.1, 0.15) is 5.75 Å². The molecule has 2 N–H and O–H groups in total. The molecule has 1 aromatic carbocycles. The van der Waals surface area contributed by atoms with Gasteiger partial charge in [-0.05, 0) is 45.9 Å². The van der Waals surface area contributed by atoms with Crippen molar-refractivity contribution >= 4 is 11.4 Å². The zero-order valence-corrected chi connectivity index (χ0v) is 10.8. The Balaban J connectivity index is 3.07. The molecule has 90 valence electrons. The second-order valence-electron chi connectivity index (χ2n) is 4.60. The average Bonchev–Trinajstić information content (AvgIpc) is 2.18. The summed E-state index contributed by atoms with van der Waals surface area (Å²) >= 11 is 0. The zero-order chi connectivity index (χ0) is 12.3. The first-order valence-electron chi connectivity index (χ1n) is 5.70. The lowest BCUT2D eigenvalue weighted by molar-refractivity contribution is 0.243. The molecule has 0 unspecified atom stereocenters. The van der Waals surface area contributed by atoms with Crippen molar-refractivity contribution in [3.63, 3.8) is 0 Å². The van der Waals surface area contributed by atoms with Crippen molar-refractivity contribution in [2.24, 2.45) is 0 Å². The smallest absolute Gasteiger partial charge is 0.143 e. The Bertz CT molecular complexity index is 348. The van der Waals surface area contributed by atoms with E-state index in [1.54, 1.807) is 0 Å². The first kappa shape index (κ1) is 12.7. The van der Waals surface area contributed by atoms with Gasteiger partial charge in [-0.1, -0.05) is 0 Å². The molecule has 0 aliphatic carbocycles. The number of nitrogens with zero attached hydrogens (tertiary/aromatic N) is 1. The number of ether oxygens (including phenoxy) is 1. The fourth-order valence-electron chi connectivity index (χ4n) is 1.44. The molecule has 0 aromatic heterocycles. The van der Waals surface area contributed by atoms with Gasteiger partial charge >= 0.3 is 0 Å². The summed E-state index contributed by atoms with van der Waals surface area (Å²) in [5, 5.41) is 0. The normalized spacial score (nSPS) is 10.9. The predicted molar refractivity (Wildman–Crippen MR) is 70.2 cm³/mol. The lowest BCUT2D eigenvalue weighted by atomic mass is 10.2. The van der Waals surface area contributed by atoms with E-state index in [4.69, 9.17) is 10.5 Å². The second kappa shape index (κ2) is 5.10. The number of benzene rings is 1. The van der Waals surface area contributed by atoms with Gasteiger partial charge < -0.3 is 15.4 Å². The quantitative estimate of drug-likeness (QED) is 0.796. The van der Waals surface area contributed by atoms with E-state index in [1.807, 2.05) is 39.1 Å². The van der Waals surface area contributed by atoms with Crippen LogP contribution in [0.15, 0.2) is 18.2 Å². The molecule has 0 fully saturated rings. The summed E-state index contributed by atoms with van der Waals surface area (Å²) in [5.74, 6) is 0.889. The largest absolute Gasteiger partial charge is 0.489 e. The minimum atomic E-state index is 0.169. The van der Waals surface area contributed by atoms with E-state index < -0.39 is 0 Å². The Morgan fingerprint density at radius 2 is 1.81 bits per heavy atom. The fraction of sp³-hybridized carbons (Fsp3) is 0.538.